The first-order chi connectivity index (χ1) is 12.2. The average molecular weight is 332 g/mol. The number of hydrogen-bond acceptors (Lipinski definition) is 2. The van der Waals surface area contributed by atoms with E-state index in [4.69, 9.17) is 0 Å². The molecule has 0 radical (unpaired) electrons. The lowest BCUT2D eigenvalue weighted by Gasteiger charge is -2.14. The minimum Gasteiger partial charge on any atom is -0.348 e. The van der Waals surface area contributed by atoms with Crippen LogP contribution in [0.3, 0.4) is 0 Å². The molecule has 3 aromatic rings. The molecule has 2 aromatic carbocycles. The van der Waals surface area contributed by atoms with Gasteiger partial charge in [0.1, 0.15) is 5.69 Å². The van der Waals surface area contributed by atoms with Gasteiger partial charge in [-0.25, -0.2) is 0 Å². The highest BCUT2D eigenvalue weighted by molar-refractivity contribution is 5.97. The Morgan fingerprint density at radius 2 is 1.76 bits per heavy atom. The lowest BCUT2D eigenvalue weighted by molar-refractivity contribution is 0.0940. The van der Waals surface area contributed by atoms with E-state index in [9.17, 15) is 9.59 Å². The molecule has 0 spiro atoms. The van der Waals surface area contributed by atoms with Crippen molar-refractivity contribution in [2.75, 3.05) is 0 Å². The van der Waals surface area contributed by atoms with E-state index in [1.54, 1.807) is 4.57 Å². The topological polar surface area (TPSA) is 51.1 Å². The maximum absolute atomic E-state index is 13.0. The zero-order valence-electron chi connectivity index (χ0n) is 13.9. The number of nitrogens with one attached hydrogen (secondary N) is 1. The summed E-state index contributed by atoms with van der Waals surface area (Å²) in [6.45, 7) is 0.487. The van der Waals surface area contributed by atoms with Gasteiger partial charge < -0.3 is 9.88 Å². The fourth-order valence-electron chi connectivity index (χ4n) is 3.08. The third kappa shape index (κ3) is 3.33. The quantitative estimate of drug-likeness (QED) is 0.780. The maximum Gasteiger partial charge on any atom is 0.268 e. The molecule has 0 bridgehead atoms. The number of benzene rings is 2. The summed E-state index contributed by atoms with van der Waals surface area (Å²) in [6, 6.07) is 19.6. The second-order valence-corrected chi connectivity index (χ2v) is 6.56. The van der Waals surface area contributed by atoms with E-state index in [1.807, 2.05) is 60.7 Å². The largest absolute Gasteiger partial charge is 0.348 e. The van der Waals surface area contributed by atoms with Crippen molar-refractivity contribution in [3.8, 4) is 0 Å². The third-order valence-electron chi connectivity index (χ3n) is 4.63. The summed E-state index contributed by atoms with van der Waals surface area (Å²) < 4.78 is 1.62. The Kier molecular flexibility index (Phi) is 4.10. The lowest BCUT2D eigenvalue weighted by Crippen LogP contribution is -2.34. The summed E-state index contributed by atoms with van der Waals surface area (Å²) in [7, 11) is 0. The number of nitrogens with zero attached hydrogens (tertiary/aromatic N) is 1. The third-order valence-corrected chi connectivity index (χ3v) is 4.63. The number of amides is 1. The van der Waals surface area contributed by atoms with Crippen LogP contribution in [0.15, 0.2) is 65.5 Å². The molecule has 1 fully saturated rings. The molecule has 1 aliphatic rings. The second kappa shape index (κ2) is 6.55. The van der Waals surface area contributed by atoms with Crippen LogP contribution in [0.4, 0.5) is 0 Å². The normalized spacial score (nSPS) is 13.8. The number of carbonyl (C=O) groups excluding carboxylic acids is 1. The summed E-state index contributed by atoms with van der Waals surface area (Å²) in [6.07, 6.45) is 2.75. The van der Waals surface area contributed by atoms with Gasteiger partial charge in [-0.15, -0.1) is 0 Å². The smallest absolute Gasteiger partial charge is 0.268 e. The molecule has 4 rings (SSSR count). The molecule has 1 saturated carbocycles. The van der Waals surface area contributed by atoms with Crippen LogP contribution >= 0.6 is 0 Å². The monoisotopic (exact) mass is 332 g/mol. The highest BCUT2D eigenvalue weighted by Crippen LogP contribution is 2.20. The van der Waals surface area contributed by atoms with E-state index >= 15 is 0 Å². The Balaban J connectivity index is 1.74. The van der Waals surface area contributed by atoms with Crippen LogP contribution in [0.5, 0.6) is 0 Å². The van der Waals surface area contributed by atoms with E-state index in [2.05, 4.69) is 5.32 Å². The van der Waals surface area contributed by atoms with Gasteiger partial charge in [-0.05, 0) is 42.3 Å². The minimum absolute atomic E-state index is 0.102. The zero-order valence-corrected chi connectivity index (χ0v) is 13.9. The van der Waals surface area contributed by atoms with Crippen molar-refractivity contribution >= 4 is 16.7 Å². The van der Waals surface area contributed by atoms with Crippen molar-refractivity contribution in [3.05, 3.63) is 82.3 Å². The Labute approximate surface area is 146 Å². The first-order valence-electron chi connectivity index (χ1n) is 8.70. The molecule has 0 atom stereocenters. The van der Waals surface area contributed by atoms with Crippen molar-refractivity contribution in [1.82, 2.24) is 9.88 Å². The molecule has 1 aliphatic carbocycles. The first-order valence-corrected chi connectivity index (χ1v) is 8.70. The van der Waals surface area contributed by atoms with Crippen LogP contribution in [0, 0.1) is 0 Å². The highest BCUT2D eigenvalue weighted by Gasteiger charge is 2.25. The van der Waals surface area contributed by atoms with Gasteiger partial charge in [0.05, 0.1) is 0 Å². The Morgan fingerprint density at radius 1 is 1.04 bits per heavy atom. The molecule has 0 unspecified atom stereocenters. The van der Waals surface area contributed by atoms with E-state index in [1.165, 1.54) is 0 Å². The van der Waals surface area contributed by atoms with Crippen LogP contribution in [0.25, 0.3) is 10.8 Å². The van der Waals surface area contributed by atoms with Crippen molar-refractivity contribution < 1.29 is 4.79 Å². The molecule has 1 N–H and O–H groups in total. The summed E-state index contributed by atoms with van der Waals surface area (Å²) >= 11 is 0. The standard InChI is InChI=1S/C21H20N2O2/c24-20(22-17-10-11-17)19-14-16-8-4-5-9-18(16)21(25)23(19)13-12-15-6-2-1-3-7-15/h1-9,14,17H,10-13H2,(H,22,24). The molecule has 0 saturated heterocycles. The van der Waals surface area contributed by atoms with Gasteiger partial charge in [0.2, 0.25) is 0 Å². The van der Waals surface area contributed by atoms with Crippen molar-refractivity contribution in [2.24, 2.45) is 0 Å². The van der Waals surface area contributed by atoms with Crippen LogP contribution in [0.2, 0.25) is 0 Å². The molecular formula is C21H20N2O2. The molecule has 1 heterocycles. The van der Waals surface area contributed by atoms with E-state index in [0.717, 1.165) is 23.8 Å². The number of pyridine rings is 1. The van der Waals surface area contributed by atoms with E-state index in [0.29, 0.717) is 24.0 Å². The van der Waals surface area contributed by atoms with E-state index in [-0.39, 0.29) is 17.5 Å². The number of aryl methyl sites for hydroxylation is 1. The van der Waals surface area contributed by atoms with Gasteiger partial charge in [-0.2, -0.15) is 0 Å². The van der Waals surface area contributed by atoms with Gasteiger partial charge in [-0.1, -0.05) is 48.5 Å². The number of hydrogen-bond donors (Lipinski definition) is 1. The number of rotatable bonds is 5. The molecule has 0 aliphatic heterocycles. The number of fused-ring (bicyclic) bond motifs is 1. The van der Waals surface area contributed by atoms with Gasteiger partial charge in [0.25, 0.3) is 11.5 Å². The van der Waals surface area contributed by atoms with Crippen LogP contribution in [-0.4, -0.2) is 16.5 Å². The van der Waals surface area contributed by atoms with Crippen LogP contribution in [-0.2, 0) is 13.0 Å². The highest BCUT2D eigenvalue weighted by atomic mass is 16.2. The fourth-order valence-corrected chi connectivity index (χ4v) is 3.08. The minimum atomic E-state index is -0.154. The molecule has 1 amide bonds. The molecule has 4 nitrogen and oxygen atoms in total. The first kappa shape index (κ1) is 15.6. The maximum atomic E-state index is 13.0. The van der Waals surface area contributed by atoms with Gasteiger partial charge >= 0.3 is 0 Å². The Morgan fingerprint density at radius 3 is 2.52 bits per heavy atom. The summed E-state index contributed by atoms with van der Waals surface area (Å²) in [4.78, 5) is 25.6. The van der Waals surface area contributed by atoms with Gasteiger partial charge in [0, 0.05) is 18.0 Å². The van der Waals surface area contributed by atoms with Crippen molar-refractivity contribution in [1.29, 1.82) is 0 Å². The predicted octanol–water partition coefficient (Wildman–Crippen LogP) is 3.14. The van der Waals surface area contributed by atoms with Gasteiger partial charge in [-0.3, -0.25) is 9.59 Å². The molecular weight excluding hydrogens is 312 g/mol. The van der Waals surface area contributed by atoms with Crippen molar-refractivity contribution in [2.45, 2.75) is 31.8 Å². The molecule has 4 heteroatoms. The fraction of sp³-hybridized carbons (Fsp3) is 0.238. The lowest BCUT2D eigenvalue weighted by atomic mass is 10.1. The summed E-state index contributed by atoms with van der Waals surface area (Å²) in [5, 5.41) is 4.46. The van der Waals surface area contributed by atoms with Crippen LogP contribution < -0.4 is 10.9 Å². The number of aromatic nitrogens is 1. The second-order valence-electron chi connectivity index (χ2n) is 6.56. The summed E-state index contributed by atoms with van der Waals surface area (Å²) in [5.41, 5.74) is 1.50. The predicted molar refractivity (Wildman–Crippen MR) is 98.8 cm³/mol. The average Bonchev–Trinajstić information content (AvgIpc) is 3.45. The van der Waals surface area contributed by atoms with Gasteiger partial charge in [0.15, 0.2) is 0 Å². The Bertz CT molecular complexity index is 972. The van der Waals surface area contributed by atoms with Crippen molar-refractivity contribution in [3.63, 3.8) is 0 Å². The zero-order chi connectivity index (χ0) is 17.2. The summed E-state index contributed by atoms with van der Waals surface area (Å²) in [5.74, 6) is -0.154. The molecule has 1 aromatic heterocycles. The SMILES string of the molecule is O=C(NC1CC1)c1cc2ccccc2c(=O)n1CCc1ccccc1. The number of carbonyl (C=O) groups is 1. The van der Waals surface area contributed by atoms with Crippen LogP contribution in [0.1, 0.15) is 28.9 Å². The molecule has 126 valence electrons. The van der Waals surface area contributed by atoms with E-state index < -0.39 is 0 Å². The molecule has 25 heavy (non-hydrogen) atoms. The Hall–Kier alpha value is -2.88.